The van der Waals surface area contributed by atoms with Crippen LogP contribution in [-0.2, 0) is 12.7 Å². The SMILES string of the molecule is COc1ccccc1C[NH+]1CCN(c2cccc(C(F)(F)F)c2)CC1. The highest BCUT2D eigenvalue weighted by molar-refractivity contribution is 5.49. The quantitative estimate of drug-likeness (QED) is 0.912. The number of hydrogen-bond acceptors (Lipinski definition) is 2. The Morgan fingerprint density at radius 1 is 1.04 bits per heavy atom. The number of piperazine rings is 1. The van der Waals surface area contributed by atoms with E-state index in [1.165, 1.54) is 17.0 Å². The summed E-state index contributed by atoms with van der Waals surface area (Å²) in [5, 5.41) is 0. The summed E-state index contributed by atoms with van der Waals surface area (Å²) in [4.78, 5) is 3.44. The van der Waals surface area contributed by atoms with Crippen molar-refractivity contribution < 1.29 is 22.8 Å². The molecule has 1 aliphatic heterocycles. The minimum Gasteiger partial charge on any atom is -0.496 e. The van der Waals surface area contributed by atoms with Gasteiger partial charge in [0.25, 0.3) is 0 Å². The molecule has 0 amide bonds. The van der Waals surface area contributed by atoms with E-state index in [1.54, 1.807) is 13.2 Å². The van der Waals surface area contributed by atoms with Gasteiger partial charge in [-0.05, 0) is 30.3 Å². The number of alkyl halides is 3. The number of benzene rings is 2. The number of quaternary nitrogens is 1. The van der Waals surface area contributed by atoms with Crippen molar-refractivity contribution in [1.29, 1.82) is 0 Å². The zero-order valence-corrected chi connectivity index (χ0v) is 14.1. The Balaban J connectivity index is 1.62. The molecule has 3 rings (SSSR count). The first-order chi connectivity index (χ1) is 12.0. The first-order valence-electron chi connectivity index (χ1n) is 8.35. The number of nitrogens with one attached hydrogen (secondary N) is 1. The Morgan fingerprint density at radius 2 is 1.76 bits per heavy atom. The molecule has 0 aromatic heterocycles. The van der Waals surface area contributed by atoms with Crippen LogP contribution < -0.4 is 14.5 Å². The minimum absolute atomic E-state index is 0.589. The molecule has 0 radical (unpaired) electrons. The Bertz CT molecular complexity index is 710. The molecule has 3 nitrogen and oxygen atoms in total. The van der Waals surface area contributed by atoms with Crippen LogP contribution in [0.15, 0.2) is 48.5 Å². The maximum Gasteiger partial charge on any atom is 0.416 e. The number of halogens is 3. The van der Waals surface area contributed by atoms with Crippen molar-refractivity contribution in [2.45, 2.75) is 12.7 Å². The van der Waals surface area contributed by atoms with E-state index in [0.717, 1.165) is 50.1 Å². The second-order valence-corrected chi connectivity index (χ2v) is 6.27. The predicted octanol–water partition coefficient (Wildman–Crippen LogP) is 2.62. The second-order valence-electron chi connectivity index (χ2n) is 6.27. The van der Waals surface area contributed by atoms with Crippen molar-refractivity contribution in [1.82, 2.24) is 0 Å². The molecule has 0 spiro atoms. The van der Waals surface area contributed by atoms with Gasteiger partial charge in [0, 0.05) is 11.3 Å². The summed E-state index contributed by atoms with van der Waals surface area (Å²) in [5.41, 5.74) is 1.22. The third-order valence-electron chi connectivity index (χ3n) is 4.64. The molecule has 1 fully saturated rings. The van der Waals surface area contributed by atoms with Gasteiger partial charge in [0.05, 0.1) is 38.9 Å². The second kappa shape index (κ2) is 7.35. The number of nitrogens with zero attached hydrogens (tertiary/aromatic N) is 1. The van der Waals surface area contributed by atoms with Crippen molar-refractivity contribution in [2.75, 3.05) is 38.2 Å². The third-order valence-corrected chi connectivity index (χ3v) is 4.64. The van der Waals surface area contributed by atoms with Gasteiger partial charge < -0.3 is 14.5 Å². The molecule has 1 aliphatic rings. The van der Waals surface area contributed by atoms with Crippen molar-refractivity contribution in [2.24, 2.45) is 0 Å². The molecule has 2 aromatic carbocycles. The zero-order valence-electron chi connectivity index (χ0n) is 14.1. The highest BCUT2D eigenvalue weighted by Gasteiger charge is 2.31. The average Bonchev–Trinajstić information content (AvgIpc) is 2.62. The van der Waals surface area contributed by atoms with Gasteiger partial charge in [-0.1, -0.05) is 18.2 Å². The fourth-order valence-electron chi connectivity index (χ4n) is 3.26. The van der Waals surface area contributed by atoms with Crippen molar-refractivity contribution in [3.05, 3.63) is 59.7 Å². The van der Waals surface area contributed by atoms with E-state index in [1.807, 2.05) is 23.1 Å². The maximum atomic E-state index is 12.9. The molecule has 0 bridgehead atoms. The first kappa shape index (κ1) is 17.6. The van der Waals surface area contributed by atoms with Crippen molar-refractivity contribution >= 4 is 5.69 Å². The normalized spacial score (nSPS) is 16.1. The zero-order chi connectivity index (χ0) is 17.9. The van der Waals surface area contributed by atoms with Crippen LogP contribution in [0.5, 0.6) is 5.75 Å². The Labute approximate surface area is 145 Å². The standard InChI is InChI=1S/C19H21F3N2O/c1-25-18-8-3-2-5-15(18)14-23-9-11-24(12-10-23)17-7-4-6-16(13-17)19(20,21)22/h2-8,13H,9-12,14H2,1H3/p+1. The summed E-state index contributed by atoms with van der Waals surface area (Å²) in [6.45, 7) is 4.11. The lowest BCUT2D eigenvalue weighted by Gasteiger charge is -2.34. The summed E-state index contributed by atoms with van der Waals surface area (Å²) in [5.74, 6) is 0.885. The van der Waals surface area contributed by atoms with Crippen LogP contribution in [-0.4, -0.2) is 33.3 Å². The van der Waals surface area contributed by atoms with E-state index in [4.69, 9.17) is 4.74 Å². The first-order valence-corrected chi connectivity index (χ1v) is 8.35. The van der Waals surface area contributed by atoms with Gasteiger partial charge in [-0.2, -0.15) is 13.2 Å². The summed E-state index contributed by atoms with van der Waals surface area (Å²) in [6, 6.07) is 13.5. The van der Waals surface area contributed by atoms with Gasteiger partial charge in [0.1, 0.15) is 12.3 Å². The lowest BCUT2D eigenvalue weighted by Crippen LogP contribution is -3.13. The highest BCUT2D eigenvalue weighted by atomic mass is 19.4. The van der Waals surface area contributed by atoms with Crippen LogP contribution in [0.4, 0.5) is 18.9 Å². The fourth-order valence-corrected chi connectivity index (χ4v) is 3.26. The average molecular weight is 351 g/mol. The Kier molecular flexibility index (Phi) is 5.18. The van der Waals surface area contributed by atoms with Gasteiger partial charge in [0.2, 0.25) is 0 Å². The van der Waals surface area contributed by atoms with E-state index >= 15 is 0 Å². The lowest BCUT2D eigenvalue weighted by molar-refractivity contribution is -0.914. The van der Waals surface area contributed by atoms with Crippen LogP contribution in [0.3, 0.4) is 0 Å². The lowest BCUT2D eigenvalue weighted by atomic mass is 10.1. The molecule has 25 heavy (non-hydrogen) atoms. The smallest absolute Gasteiger partial charge is 0.416 e. The maximum absolute atomic E-state index is 12.9. The molecule has 1 N–H and O–H groups in total. The molecule has 0 unspecified atom stereocenters. The number of para-hydroxylation sites is 1. The van der Waals surface area contributed by atoms with E-state index in [-0.39, 0.29) is 0 Å². The molecule has 134 valence electrons. The molecule has 0 atom stereocenters. The summed E-state index contributed by atoms with van der Waals surface area (Å²) in [6.07, 6.45) is -4.30. The van der Waals surface area contributed by atoms with Crippen LogP contribution in [0.1, 0.15) is 11.1 Å². The van der Waals surface area contributed by atoms with Gasteiger partial charge in [0.15, 0.2) is 0 Å². The number of hydrogen-bond donors (Lipinski definition) is 1. The topological polar surface area (TPSA) is 16.9 Å². The molecule has 0 aliphatic carbocycles. The molecular formula is C19H22F3N2O+. The number of anilines is 1. The minimum atomic E-state index is -4.30. The largest absolute Gasteiger partial charge is 0.496 e. The molecule has 6 heteroatoms. The molecule has 2 aromatic rings. The molecular weight excluding hydrogens is 329 g/mol. The predicted molar refractivity (Wildman–Crippen MR) is 91.1 cm³/mol. The molecule has 1 saturated heterocycles. The Morgan fingerprint density at radius 3 is 2.44 bits per heavy atom. The van der Waals surface area contributed by atoms with E-state index in [2.05, 4.69) is 6.07 Å². The number of rotatable bonds is 4. The summed E-state index contributed by atoms with van der Waals surface area (Å²) < 4.78 is 44.0. The number of ether oxygens (including phenoxy) is 1. The number of methoxy groups -OCH3 is 1. The van der Waals surface area contributed by atoms with E-state index in [0.29, 0.717) is 5.69 Å². The fraction of sp³-hybridized carbons (Fsp3) is 0.368. The van der Waals surface area contributed by atoms with Crippen molar-refractivity contribution in [3.63, 3.8) is 0 Å². The summed E-state index contributed by atoms with van der Waals surface area (Å²) in [7, 11) is 1.67. The van der Waals surface area contributed by atoms with E-state index in [9.17, 15) is 13.2 Å². The van der Waals surface area contributed by atoms with Gasteiger partial charge >= 0.3 is 6.18 Å². The summed E-state index contributed by atoms with van der Waals surface area (Å²) >= 11 is 0. The monoisotopic (exact) mass is 351 g/mol. The van der Waals surface area contributed by atoms with Crippen molar-refractivity contribution in [3.8, 4) is 5.75 Å². The molecule has 1 heterocycles. The third kappa shape index (κ3) is 4.25. The van der Waals surface area contributed by atoms with Crippen LogP contribution >= 0.6 is 0 Å². The molecule has 0 saturated carbocycles. The van der Waals surface area contributed by atoms with Crippen LogP contribution in [0, 0.1) is 0 Å². The Hall–Kier alpha value is -2.21. The van der Waals surface area contributed by atoms with Crippen LogP contribution in [0.25, 0.3) is 0 Å². The van der Waals surface area contributed by atoms with Gasteiger partial charge in [-0.3, -0.25) is 0 Å². The van der Waals surface area contributed by atoms with E-state index < -0.39 is 11.7 Å². The van der Waals surface area contributed by atoms with Gasteiger partial charge in [-0.25, -0.2) is 0 Å². The van der Waals surface area contributed by atoms with Crippen LogP contribution in [0.2, 0.25) is 0 Å². The van der Waals surface area contributed by atoms with Gasteiger partial charge in [-0.15, -0.1) is 0 Å². The highest BCUT2D eigenvalue weighted by Crippen LogP contribution is 2.31.